The van der Waals surface area contributed by atoms with E-state index in [9.17, 15) is 43.5 Å². The van der Waals surface area contributed by atoms with E-state index in [2.05, 4.69) is 0 Å². The highest BCUT2D eigenvalue weighted by atomic mass is 19.4. The molecule has 0 saturated carbocycles. The molecule has 10 nitrogen and oxygen atoms in total. The molecular weight excluding hydrogens is 367 g/mol. The molecule has 2 rings (SSSR count). The molecule has 0 aliphatic carbocycles. The molecule has 2 aromatic carbocycles. The Labute approximate surface area is 140 Å². The molecule has 136 valence electrons. The van der Waals surface area contributed by atoms with Crippen molar-refractivity contribution in [2.45, 2.75) is 6.18 Å². The SMILES string of the molecule is O=[N+]([O-])c1ccccc1Oc1c([N+](=O)[O-])cc(C(F)(F)F)cc1[N+](=O)[O-]. The number of hydrogen-bond donors (Lipinski definition) is 0. The monoisotopic (exact) mass is 373 g/mol. The first-order valence-electron chi connectivity index (χ1n) is 6.47. The van der Waals surface area contributed by atoms with Crippen LogP contribution in [-0.4, -0.2) is 14.8 Å². The van der Waals surface area contributed by atoms with E-state index < -0.39 is 55.1 Å². The zero-order chi connectivity index (χ0) is 19.6. The molecule has 0 saturated heterocycles. The van der Waals surface area contributed by atoms with Gasteiger partial charge in [0, 0.05) is 18.2 Å². The van der Waals surface area contributed by atoms with Gasteiger partial charge in [-0.2, -0.15) is 13.2 Å². The van der Waals surface area contributed by atoms with Crippen LogP contribution >= 0.6 is 0 Å². The highest BCUT2D eigenvalue weighted by Crippen LogP contribution is 2.45. The fourth-order valence-corrected chi connectivity index (χ4v) is 1.94. The number of ether oxygens (including phenoxy) is 1. The van der Waals surface area contributed by atoms with Gasteiger partial charge in [0.15, 0.2) is 0 Å². The van der Waals surface area contributed by atoms with Gasteiger partial charge in [0.2, 0.25) is 5.75 Å². The number of halogens is 3. The average Bonchev–Trinajstić information content (AvgIpc) is 2.53. The number of nitro groups is 3. The van der Waals surface area contributed by atoms with Crippen LogP contribution in [0, 0.1) is 30.3 Å². The summed E-state index contributed by atoms with van der Waals surface area (Å²) in [4.78, 5) is 29.6. The van der Waals surface area contributed by atoms with Crippen LogP contribution < -0.4 is 4.74 Å². The number of hydrogen-bond acceptors (Lipinski definition) is 7. The number of benzene rings is 2. The van der Waals surface area contributed by atoms with Crippen molar-refractivity contribution >= 4 is 17.1 Å². The molecule has 0 aliphatic rings. The third-order valence-corrected chi connectivity index (χ3v) is 3.04. The number of nitrogens with zero attached hydrogens (tertiary/aromatic N) is 3. The lowest BCUT2D eigenvalue weighted by atomic mass is 10.1. The van der Waals surface area contributed by atoms with E-state index in [-0.39, 0.29) is 12.1 Å². The summed E-state index contributed by atoms with van der Waals surface area (Å²) >= 11 is 0. The molecule has 0 heterocycles. The van der Waals surface area contributed by atoms with E-state index in [1.807, 2.05) is 0 Å². The Balaban J connectivity index is 2.73. The Morgan fingerprint density at radius 2 is 1.27 bits per heavy atom. The lowest BCUT2D eigenvalue weighted by Gasteiger charge is -2.10. The molecule has 0 spiro atoms. The Bertz CT molecular complexity index is 879. The Morgan fingerprint density at radius 1 is 0.808 bits per heavy atom. The minimum Gasteiger partial charge on any atom is -0.437 e. The maximum absolute atomic E-state index is 12.8. The van der Waals surface area contributed by atoms with Gasteiger partial charge in [-0.1, -0.05) is 12.1 Å². The molecule has 26 heavy (non-hydrogen) atoms. The summed E-state index contributed by atoms with van der Waals surface area (Å²) < 4.78 is 43.4. The molecule has 0 aromatic heterocycles. The predicted octanol–water partition coefficient (Wildman–Crippen LogP) is 4.22. The van der Waals surface area contributed by atoms with Crippen molar-refractivity contribution in [2.24, 2.45) is 0 Å². The van der Waals surface area contributed by atoms with E-state index in [0.717, 1.165) is 12.1 Å². The number of rotatable bonds is 5. The van der Waals surface area contributed by atoms with Gasteiger partial charge in [0.1, 0.15) is 0 Å². The molecule has 13 heteroatoms. The molecule has 0 unspecified atom stereocenters. The molecule has 0 aliphatic heterocycles. The first-order valence-corrected chi connectivity index (χ1v) is 6.47. The van der Waals surface area contributed by atoms with Crippen LogP contribution in [-0.2, 0) is 6.18 Å². The Kier molecular flexibility index (Phi) is 4.73. The zero-order valence-electron chi connectivity index (χ0n) is 12.3. The molecule has 0 radical (unpaired) electrons. The second-order valence-electron chi connectivity index (χ2n) is 4.68. The Morgan fingerprint density at radius 3 is 1.69 bits per heavy atom. The van der Waals surface area contributed by atoms with Gasteiger partial charge in [0.05, 0.1) is 20.3 Å². The van der Waals surface area contributed by atoms with Gasteiger partial charge in [-0.15, -0.1) is 0 Å². The predicted molar refractivity (Wildman–Crippen MR) is 77.9 cm³/mol. The highest BCUT2D eigenvalue weighted by molar-refractivity contribution is 5.64. The molecular formula is C13H6F3N3O7. The standard InChI is InChI=1S/C13H6F3N3O7/c14-13(15,16)7-5-9(18(22)23)12(10(6-7)19(24)25)26-11-4-2-1-3-8(11)17(20)21/h1-6H. The second-order valence-corrected chi connectivity index (χ2v) is 4.68. The van der Waals surface area contributed by atoms with E-state index in [1.165, 1.54) is 12.1 Å². The maximum Gasteiger partial charge on any atom is 0.416 e. The van der Waals surface area contributed by atoms with Crippen molar-refractivity contribution in [1.82, 2.24) is 0 Å². The normalized spacial score (nSPS) is 11.0. The summed E-state index contributed by atoms with van der Waals surface area (Å²) in [6.45, 7) is 0. The zero-order valence-corrected chi connectivity index (χ0v) is 12.3. The maximum atomic E-state index is 12.8. The molecule has 0 fully saturated rings. The summed E-state index contributed by atoms with van der Waals surface area (Å²) in [5.41, 5.74) is -5.03. The van der Waals surface area contributed by atoms with E-state index >= 15 is 0 Å². The number of para-hydroxylation sites is 2. The van der Waals surface area contributed by atoms with Crippen LogP contribution in [0.4, 0.5) is 30.2 Å². The molecule has 0 N–H and O–H groups in total. The van der Waals surface area contributed by atoms with Crippen molar-refractivity contribution in [3.63, 3.8) is 0 Å². The van der Waals surface area contributed by atoms with Crippen molar-refractivity contribution in [1.29, 1.82) is 0 Å². The van der Waals surface area contributed by atoms with Gasteiger partial charge in [-0.05, 0) is 6.07 Å². The van der Waals surface area contributed by atoms with Gasteiger partial charge in [-0.3, -0.25) is 30.3 Å². The fraction of sp³-hybridized carbons (Fsp3) is 0.0769. The van der Waals surface area contributed by atoms with Crippen LogP contribution in [0.25, 0.3) is 0 Å². The number of nitro benzene ring substituents is 3. The van der Waals surface area contributed by atoms with Crippen molar-refractivity contribution in [2.75, 3.05) is 0 Å². The minimum atomic E-state index is -5.09. The summed E-state index contributed by atoms with van der Waals surface area (Å²) in [6.07, 6.45) is -5.09. The quantitative estimate of drug-likeness (QED) is 0.564. The van der Waals surface area contributed by atoms with Crippen LogP contribution in [0.2, 0.25) is 0 Å². The van der Waals surface area contributed by atoms with Gasteiger partial charge >= 0.3 is 23.2 Å². The topological polar surface area (TPSA) is 139 Å². The highest BCUT2D eigenvalue weighted by Gasteiger charge is 2.39. The summed E-state index contributed by atoms with van der Waals surface area (Å²) in [5.74, 6) is -1.76. The minimum absolute atomic E-state index is 0.0527. The first kappa shape index (κ1) is 18.6. The smallest absolute Gasteiger partial charge is 0.416 e. The third kappa shape index (κ3) is 3.66. The average molecular weight is 373 g/mol. The second kappa shape index (κ2) is 6.62. The molecule has 0 amide bonds. The van der Waals surface area contributed by atoms with Crippen LogP contribution in [0.5, 0.6) is 11.5 Å². The van der Waals surface area contributed by atoms with E-state index in [1.54, 1.807) is 0 Å². The summed E-state index contributed by atoms with van der Waals surface area (Å²) in [7, 11) is 0. The van der Waals surface area contributed by atoms with Gasteiger partial charge in [0.25, 0.3) is 5.75 Å². The molecule has 0 atom stereocenters. The van der Waals surface area contributed by atoms with Crippen molar-refractivity contribution in [3.05, 3.63) is 72.3 Å². The molecule has 0 bridgehead atoms. The van der Waals surface area contributed by atoms with E-state index in [0.29, 0.717) is 0 Å². The lowest BCUT2D eigenvalue weighted by Crippen LogP contribution is -2.08. The molecule has 2 aromatic rings. The third-order valence-electron chi connectivity index (χ3n) is 3.04. The van der Waals surface area contributed by atoms with Crippen molar-refractivity contribution in [3.8, 4) is 11.5 Å². The van der Waals surface area contributed by atoms with Crippen LogP contribution in [0.15, 0.2) is 36.4 Å². The summed E-state index contributed by atoms with van der Waals surface area (Å²) in [6, 6.07) is 4.53. The Hall–Kier alpha value is -3.77. The number of alkyl halides is 3. The largest absolute Gasteiger partial charge is 0.437 e. The van der Waals surface area contributed by atoms with Crippen molar-refractivity contribution < 1.29 is 32.7 Å². The van der Waals surface area contributed by atoms with Crippen LogP contribution in [0.3, 0.4) is 0 Å². The van der Waals surface area contributed by atoms with Crippen LogP contribution in [0.1, 0.15) is 5.56 Å². The first-order chi connectivity index (χ1) is 12.0. The summed E-state index contributed by atoms with van der Waals surface area (Å²) in [5, 5.41) is 33.1. The lowest BCUT2D eigenvalue weighted by molar-refractivity contribution is -0.396. The van der Waals surface area contributed by atoms with Gasteiger partial charge in [-0.25, -0.2) is 0 Å². The fourth-order valence-electron chi connectivity index (χ4n) is 1.94. The van der Waals surface area contributed by atoms with Gasteiger partial charge < -0.3 is 4.74 Å². The van der Waals surface area contributed by atoms with E-state index in [4.69, 9.17) is 4.74 Å².